The molecule has 4 saturated carbocycles. The molecule has 0 heterocycles. The molecule has 0 aromatic rings. The van der Waals surface area contributed by atoms with Crippen molar-refractivity contribution < 1.29 is 69.3 Å². The number of aliphatic carboxylic acids is 5. The molecule has 0 aromatic heterocycles. The van der Waals surface area contributed by atoms with Crippen molar-refractivity contribution in [2.75, 3.05) is 52.4 Å². The second-order valence-corrected chi connectivity index (χ2v) is 18.1. The predicted molar refractivity (Wildman–Crippen MR) is 209 cm³/mol. The van der Waals surface area contributed by atoms with Gasteiger partial charge in [0.15, 0.2) is 0 Å². The largest absolute Gasteiger partial charge is 0.481 e. The Morgan fingerprint density at radius 3 is 1.95 bits per heavy atom. The molecule has 0 aromatic carbocycles. The van der Waals surface area contributed by atoms with Gasteiger partial charge in [0.25, 0.3) is 0 Å². The number of aliphatic hydroxyl groups is 2. The lowest BCUT2D eigenvalue weighted by Crippen LogP contribution is -2.63. The van der Waals surface area contributed by atoms with Crippen LogP contribution in [-0.4, -0.2) is 164 Å². The molecular formula is C40H65N5O14. The van der Waals surface area contributed by atoms with E-state index in [0.29, 0.717) is 32.1 Å². The zero-order valence-corrected chi connectivity index (χ0v) is 34.4. The van der Waals surface area contributed by atoms with Crippen molar-refractivity contribution >= 4 is 41.7 Å². The summed E-state index contributed by atoms with van der Waals surface area (Å²) in [6.07, 6.45) is 4.44. The third-order valence-electron chi connectivity index (χ3n) is 14.5. The third-order valence-corrected chi connectivity index (χ3v) is 14.5. The van der Waals surface area contributed by atoms with Crippen LogP contribution in [0.25, 0.3) is 0 Å². The first-order valence-corrected chi connectivity index (χ1v) is 20.9. The Hall–Kier alpha value is -3.91. The van der Waals surface area contributed by atoms with Crippen LogP contribution in [0.1, 0.15) is 85.0 Å². The van der Waals surface area contributed by atoms with E-state index in [2.05, 4.69) is 36.7 Å². The Morgan fingerprint density at radius 2 is 1.36 bits per heavy atom. The maximum absolute atomic E-state index is 13.0. The van der Waals surface area contributed by atoms with Crippen molar-refractivity contribution in [2.45, 2.75) is 109 Å². The number of carbonyl (C=O) groups excluding carboxylic acids is 2. The standard InChI is InChI=1S/C40H65N5O14/c1-22(4-7-33(50)51)25-5-6-26-37-27(16-30(47)40(25,26)3)39(2)10-8-24(14-23(39)15-29(37)46)43-31(48)17-42-32(49)18-45(21-36(56)57)13-11-41-28(38(58)59)9-12-44(19-34(52)53)20-35(54)55/h22-30,37,41,46-47H,4-21H2,1-3H3,(H,42,49)(H,43,48)(H,50,51)(H,52,53)(H,54,55)(H,56,57)(H,58,59)/t22-,23+,24+,25-,26+,27+,28?,29-,30+,37+,39+,40-/m1/s1. The van der Waals surface area contributed by atoms with Crippen molar-refractivity contribution in [3.63, 3.8) is 0 Å². The van der Waals surface area contributed by atoms with E-state index in [4.69, 9.17) is 10.2 Å². The molecule has 0 bridgehead atoms. The van der Waals surface area contributed by atoms with E-state index in [1.165, 1.54) is 4.90 Å². The molecule has 0 aliphatic heterocycles. The fourth-order valence-electron chi connectivity index (χ4n) is 11.6. The maximum atomic E-state index is 13.0. The number of rotatable bonds is 23. The molecule has 12 atom stereocenters. The normalized spacial score (nSPS) is 32.3. The molecule has 2 amide bonds. The molecule has 4 fully saturated rings. The number of nitrogens with zero attached hydrogens (tertiary/aromatic N) is 2. The average Bonchev–Trinajstić information content (AvgIpc) is 3.49. The summed E-state index contributed by atoms with van der Waals surface area (Å²) in [6.45, 7) is 3.70. The number of hydrogen-bond acceptors (Lipinski definition) is 12. The van der Waals surface area contributed by atoms with Gasteiger partial charge in [0.05, 0.1) is 44.9 Å². The molecule has 1 unspecified atom stereocenters. The molecule has 0 spiro atoms. The van der Waals surface area contributed by atoms with Gasteiger partial charge >= 0.3 is 29.8 Å². The van der Waals surface area contributed by atoms with Crippen LogP contribution in [-0.2, 0) is 33.6 Å². The lowest BCUT2D eigenvalue weighted by molar-refractivity contribution is -0.202. The Balaban J connectivity index is 1.26. The molecule has 334 valence electrons. The first-order valence-electron chi connectivity index (χ1n) is 20.9. The van der Waals surface area contributed by atoms with Gasteiger partial charge in [-0.3, -0.25) is 43.4 Å². The van der Waals surface area contributed by atoms with Crippen molar-refractivity contribution in [3.05, 3.63) is 0 Å². The smallest absolute Gasteiger partial charge is 0.320 e. The number of fused-ring (bicyclic) bond motifs is 5. The summed E-state index contributed by atoms with van der Waals surface area (Å²) >= 11 is 0. The van der Waals surface area contributed by atoms with Gasteiger partial charge in [0, 0.05) is 32.1 Å². The lowest BCUT2D eigenvalue weighted by Gasteiger charge is -2.63. The fraction of sp³-hybridized carbons (Fsp3) is 0.825. The number of carboxylic acid groups (broad SMARTS) is 5. The fourth-order valence-corrected chi connectivity index (χ4v) is 11.6. The molecule has 10 N–H and O–H groups in total. The minimum Gasteiger partial charge on any atom is -0.481 e. The van der Waals surface area contributed by atoms with E-state index in [1.54, 1.807) is 0 Å². The molecule has 19 nitrogen and oxygen atoms in total. The second kappa shape index (κ2) is 20.6. The van der Waals surface area contributed by atoms with Crippen molar-refractivity contribution in [3.8, 4) is 0 Å². The van der Waals surface area contributed by atoms with Crippen molar-refractivity contribution in [1.29, 1.82) is 0 Å². The van der Waals surface area contributed by atoms with Gasteiger partial charge in [0.1, 0.15) is 6.04 Å². The van der Waals surface area contributed by atoms with Crippen LogP contribution in [0.5, 0.6) is 0 Å². The van der Waals surface area contributed by atoms with E-state index < -0.39 is 91.5 Å². The first-order chi connectivity index (χ1) is 27.6. The molecule has 19 heteroatoms. The highest BCUT2D eigenvalue weighted by Gasteiger charge is 2.65. The topological polar surface area (TPSA) is 304 Å². The van der Waals surface area contributed by atoms with Gasteiger partial charge in [-0.05, 0) is 104 Å². The molecular weight excluding hydrogens is 774 g/mol. The minimum atomic E-state index is -1.28. The molecule has 0 radical (unpaired) electrons. The van der Waals surface area contributed by atoms with Gasteiger partial charge in [-0.25, -0.2) is 0 Å². The lowest BCUT2D eigenvalue weighted by atomic mass is 9.43. The molecule has 0 saturated heterocycles. The van der Waals surface area contributed by atoms with Gasteiger partial charge in [-0.1, -0.05) is 20.8 Å². The summed E-state index contributed by atoms with van der Waals surface area (Å²) in [5, 5.41) is 78.1. The van der Waals surface area contributed by atoms with E-state index >= 15 is 0 Å². The Kier molecular flexibility index (Phi) is 16.7. The summed E-state index contributed by atoms with van der Waals surface area (Å²) in [7, 11) is 0. The van der Waals surface area contributed by atoms with Crippen molar-refractivity contribution in [1.82, 2.24) is 25.8 Å². The minimum absolute atomic E-state index is 0.0320. The van der Waals surface area contributed by atoms with Gasteiger partial charge in [-0.2, -0.15) is 0 Å². The van der Waals surface area contributed by atoms with Crippen LogP contribution in [0.15, 0.2) is 0 Å². The van der Waals surface area contributed by atoms with Gasteiger partial charge < -0.3 is 51.7 Å². The monoisotopic (exact) mass is 839 g/mol. The van der Waals surface area contributed by atoms with Gasteiger partial charge in [-0.15, -0.1) is 0 Å². The number of carbonyl (C=O) groups is 7. The summed E-state index contributed by atoms with van der Waals surface area (Å²) in [5.74, 6) is -6.25. The third kappa shape index (κ3) is 12.1. The van der Waals surface area contributed by atoms with Crippen LogP contribution < -0.4 is 16.0 Å². The summed E-state index contributed by atoms with van der Waals surface area (Å²) in [5.41, 5.74) is -0.549. The number of amides is 2. The van der Waals surface area contributed by atoms with Crippen LogP contribution in [0.2, 0.25) is 0 Å². The van der Waals surface area contributed by atoms with E-state index in [0.717, 1.165) is 24.2 Å². The highest BCUT2D eigenvalue weighted by atomic mass is 16.4. The van der Waals surface area contributed by atoms with E-state index in [9.17, 15) is 59.1 Å². The Bertz CT molecular complexity index is 1530. The summed E-state index contributed by atoms with van der Waals surface area (Å²) < 4.78 is 0. The summed E-state index contributed by atoms with van der Waals surface area (Å²) in [4.78, 5) is 84.9. The number of carboxylic acids is 5. The highest BCUT2D eigenvalue weighted by Crippen LogP contribution is 2.68. The maximum Gasteiger partial charge on any atom is 0.320 e. The van der Waals surface area contributed by atoms with Crippen molar-refractivity contribution in [2.24, 2.45) is 46.3 Å². The zero-order chi connectivity index (χ0) is 43.8. The Labute approximate surface area is 344 Å². The molecule has 4 aliphatic rings. The van der Waals surface area contributed by atoms with Crippen LogP contribution in [0, 0.1) is 46.3 Å². The SMILES string of the molecule is C[C@H](CCC(=O)O)[C@H]1CC[C@H]2[C@@H]3[C@H](O)C[C@@H]4C[C@@H](NC(=O)CNC(=O)CN(CCNC(CCN(CC(=O)O)CC(=O)O)C(=O)O)CC(=O)O)CC[C@]4(C)[C@H]3C[C@H](O)[C@]12C. The van der Waals surface area contributed by atoms with E-state index in [1.807, 2.05) is 0 Å². The van der Waals surface area contributed by atoms with Gasteiger partial charge in [0.2, 0.25) is 11.8 Å². The first kappa shape index (κ1) is 47.8. The Morgan fingerprint density at radius 1 is 0.729 bits per heavy atom. The van der Waals surface area contributed by atoms with Crippen LogP contribution in [0.3, 0.4) is 0 Å². The zero-order valence-electron chi connectivity index (χ0n) is 34.4. The quantitative estimate of drug-likeness (QED) is 0.0647. The number of hydrogen-bond donors (Lipinski definition) is 10. The molecule has 4 aliphatic carbocycles. The summed E-state index contributed by atoms with van der Waals surface area (Å²) in [6, 6.07) is -1.40. The van der Waals surface area contributed by atoms with E-state index in [-0.39, 0.29) is 86.0 Å². The number of aliphatic hydroxyl groups excluding tert-OH is 2. The van der Waals surface area contributed by atoms with Crippen LogP contribution >= 0.6 is 0 Å². The number of nitrogens with one attached hydrogen (secondary N) is 3. The average molecular weight is 840 g/mol. The van der Waals surface area contributed by atoms with Crippen LogP contribution in [0.4, 0.5) is 0 Å². The highest BCUT2D eigenvalue weighted by molar-refractivity contribution is 5.86. The second-order valence-electron chi connectivity index (χ2n) is 18.1. The predicted octanol–water partition coefficient (Wildman–Crippen LogP) is -0.0205. The molecule has 59 heavy (non-hydrogen) atoms. The molecule has 4 rings (SSSR count).